The van der Waals surface area contributed by atoms with Gasteiger partial charge in [-0.1, -0.05) is 13.3 Å². The molecule has 3 aliphatic heterocycles. The Morgan fingerprint density at radius 2 is 1.64 bits per heavy atom. The van der Waals surface area contributed by atoms with E-state index in [4.69, 9.17) is 0 Å². The number of rotatable bonds is 7. The average Bonchev–Trinajstić information content (AvgIpc) is 2.72. The Morgan fingerprint density at radius 1 is 0.929 bits per heavy atom. The Bertz CT molecular complexity index is 599. The smallest absolute Gasteiger partial charge is 0.281 e. The highest BCUT2D eigenvalue weighted by molar-refractivity contribution is 7.86. The van der Waals surface area contributed by atoms with E-state index in [1.165, 1.54) is 32.4 Å². The van der Waals surface area contributed by atoms with E-state index < -0.39 is 10.2 Å². The number of piperidine rings is 3. The molecule has 8 heteroatoms. The van der Waals surface area contributed by atoms with Crippen LogP contribution in [0.3, 0.4) is 0 Å². The largest absolute Gasteiger partial charge is 0.356 e. The maximum absolute atomic E-state index is 13.0. The fourth-order valence-corrected chi connectivity index (χ4v) is 6.31. The maximum atomic E-state index is 13.0. The highest BCUT2D eigenvalue weighted by Crippen LogP contribution is 2.25. The lowest BCUT2D eigenvalue weighted by molar-refractivity contribution is -0.126. The zero-order valence-electron chi connectivity index (χ0n) is 17.4. The molecule has 0 bridgehead atoms. The Labute approximate surface area is 171 Å². The van der Waals surface area contributed by atoms with Gasteiger partial charge in [0.25, 0.3) is 10.2 Å². The van der Waals surface area contributed by atoms with E-state index in [9.17, 15) is 13.2 Å². The van der Waals surface area contributed by atoms with Crippen molar-refractivity contribution in [2.75, 3.05) is 52.4 Å². The van der Waals surface area contributed by atoms with Crippen LogP contribution in [0.4, 0.5) is 0 Å². The van der Waals surface area contributed by atoms with E-state index in [0.29, 0.717) is 38.6 Å². The van der Waals surface area contributed by atoms with Crippen molar-refractivity contribution >= 4 is 16.1 Å². The van der Waals surface area contributed by atoms with Crippen molar-refractivity contribution in [3.05, 3.63) is 0 Å². The minimum absolute atomic E-state index is 0.0193. The van der Waals surface area contributed by atoms with Crippen LogP contribution in [0.25, 0.3) is 0 Å². The van der Waals surface area contributed by atoms with E-state index in [1.54, 1.807) is 8.61 Å². The standard InChI is InChI=1S/C20H38N4O3S/c1-18-8-15-23(16-9-18)28(26,27)24-14-5-7-19(17-24)20(25)21-10-6-13-22-11-3-2-4-12-22/h18-19H,2-17H2,1H3,(H,21,25). The molecule has 1 unspecified atom stereocenters. The number of carbonyl (C=O) groups is 1. The first-order chi connectivity index (χ1) is 13.5. The van der Waals surface area contributed by atoms with Gasteiger partial charge >= 0.3 is 0 Å². The van der Waals surface area contributed by atoms with Gasteiger partial charge < -0.3 is 10.2 Å². The molecule has 3 aliphatic rings. The third kappa shape index (κ3) is 5.90. The van der Waals surface area contributed by atoms with Crippen LogP contribution in [-0.2, 0) is 15.0 Å². The van der Waals surface area contributed by atoms with Crippen LogP contribution in [0.1, 0.15) is 58.3 Å². The Kier molecular flexibility index (Phi) is 8.14. The molecule has 1 atom stereocenters. The van der Waals surface area contributed by atoms with Crippen molar-refractivity contribution < 1.29 is 13.2 Å². The van der Waals surface area contributed by atoms with Crippen LogP contribution in [0.2, 0.25) is 0 Å². The second-order valence-corrected chi connectivity index (χ2v) is 10.8. The van der Waals surface area contributed by atoms with Crippen LogP contribution < -0.4 is 5.32 Å². The Balaban J connectivity index is 1.42. The van der Waals surface area contributed by atoms with Crippen molar-refractivity contribution in [1.82, 2.24) is 18.8 Å². The number of nitrogens with one attached hydrogen (secondary N) is 1. The van der Waals surface area contributed by atoms with Crippen LogP contribution in [-0.4, -0.2) is 80.2 Å². The summed E-state index contributed by atoms with van der Waals surface area (Å²) in [6.45, 7) is 8.33. The van der Waals surface area contributed by atoms with Gasteiger partial charge in [-0.15, -0.1) is 0 Å². The molecule has 1 amide bonds. The fraction of sp³-hybridized carbons (Fsp3) is 0.950. The molecular formula is C20H38N4O3S. The van der Waals surface area contributed by atoms with Crippen molar-refractivity contribution in [3.8, 4) is 0 Å². The van der Waals surface area contributed by atoms with Gasteiger partial charge in [-0.2, -0.15) is 17.0 Å². The first kappa shape index (κ1) is 22.0. The van der Waals surface area contributed by atoms with Crippen molar-refractivity contribution in [3.63, 3.8) is 0 Å². The molecule has 3 rings (SSSR count). The number of hydrogen-bond acceptors (Lipinski definition) is 4. The summed E-state index contributed by atoms with van der Waals surface area (Å²) in [5.41, 5.74) is 0. The summed E-state index contributed by atoms with van der Waals surface area (Å²) in [6.07, 6.45) is 8.26. The van der Waals surface area contributed by atoms with Crippen LogP contribution in [0.5, 0.6) is 0 Å². The lowest BCUT2D eigenvalue weighted by atomic mass is 9.99. The summed E-state index contributed by atoms with van der Waals surface area (Å²) in [4.78, 5) is 15.1. The Hall–Kier alpha value is -0.700. The summed E-state index contributed by atoms with van der Waals surface area (Å²) in [7, 11) is -3.43. The zero-order valence-corrected chi connectivity index (χ0v) is 18.3. The lowest BCUT2D eigenvalue weighted by Crippen LogP contribution is -2.52. The van der Waals surface area contributed by atoms with Gasteiger partial charge in [-0.25, -0.2) is 0 Å². The molecule has 0 saturated carbocycles. The van der Waals surface area contributed by atoms with E-state index in [-0.39, 0.29) is 11.8 Å². The second-order valence-electron chi connectivity index (χ2n) is 8.83. The van der Waals surface area contributed by atoms with Crippen LogP contribution in [0, 0.1) is 11.8 Å². The third-order valence-electron chi connectivity index (χ3n) is 6.55. The summed E-state index contributed by atoms with van der Waals surface area (Å²) in [5.74, 6) is 0.393. The molecule has 3 fully saturated rings. The predicted molar refractivity (Wildman–Crippen MR) is 111 cm³/mol. The summed E-state index contributed by atoms with van der Waals surface area (Å²) in [5, 5.41) is 3.05. The van der Waals surface area contributed by atoms with E-state index in [0.717, 1.165) is 38.6 Å². The van der Waals surface area contributed by atoms with Crippen LogP contribution >= 0.6 is 0 Å². The van der Waals surface area contributed by atoms with Gasteiger partial charge in [-0.3, -0.25) is 4.79 Å². The monoisotopic (exact) mass is 414 g/mol. The summed E-state index contributed by atoms with van der Waals surface area (Å²) in [6, 6.07) is 0. The molecule has 1 N–H and O–H groups in total. The predicted octanol–water partition coefficient (Wildman–Crippen LogP) is 1.67. The minimum Gasteiger partial charge on any atom is -0.356 e. The molecule has 3 saturated heterocycles. The molecule has 0 aliphatic carbocycles. The lowest BCUT2D eigenvalue weighted by Gasteiger charge is -2.37. The van der Waals surface area contributed by atoms with Crippen molar-refractivity contribution in [1.29, 1.82) is 0 Å². The number of nitrogens with zero attached hydrogens (tertiary/aromatic N) is 3. The quantitative estimate of drug-likeness (QED) is 0.643. The highest BCUT2D eigenvalue weighted by atomic mass is 32.2. The fourth-order valence-electron chi connectivity index (χ4n) is 4.59. The first-order valence-corrected chi connectivity index (χ1v) is 12.6. The highest BCUT2D eigenvalue weighted by Gasteiger charge is 2.36. The van der Waals surface area contributed by atoms with E-state index in [1.807, 2.05) is 0 Å². The third-order valence-corrected chi connectivity index (χ3v) is 8.55. The molecule has 162 valence electrons. The van der Waals surface area contributed by atoms with Gasteiger partial charge in [0, 0.05) is 32.7 Å². The average molecular weight is 415 g/mol. The van der Waals surface area contributed by atoms with E-state index >= 15 is 0 Å². The molecule has 7 nitrogen and oxygen atoms in total. The molecule has 0 spiro atoms. The maximum Gasteiger partial charge on any atom is 0.281 e. The molecule has 0 aromatic carbocycles. The molecule has 3 heterocycles. The number of likely N-dealkylation sites (tertiary alicyclic amines) is 1. The van der Waals surface area contributed by atoms with Gasteiger partial charge in [0.1, 0.15) is 0 Å². The van der Waals surface area contributed by atoms with Gasteiger partial charge in [0.15, 0.2) is 0 Å². The zero-order chi connectivity index (χ0) is 20.0. The van der Waals surface area contributed by atoms with Gasteiger partial charge in [0.2, 0.25) is 5.91 Å². The summed E-state index contributed by atoms with van der Waals surface area (Å²) < 4.78 is 29.1. The van der Waals surface area contributed by atoms with E-state index in [2.05, 4.69) is 17.1 Å². The van der Waals surface area contributed by atoms with Crippen molar-refractivity contribution in [2.24, 2.45) is 11.8 Å². The first-order valence-electron chi connectivity index (χ1n) is 11.2. The van der Waals surface area contributed by atoms with Gasteiger partial charge in [0.05, 0.1) is 5.92 Å². The topological polar surface area (TPSA) is 73.0 Å². The number of amides is 1. The van der Waals surface area contributed by atoms with Crippen LogP contribution in [0.15, 0.2) is 0 Å². The molecule has 0 aromatic heterocycles. The molecular weight excluding hydrogens is 376 g/mol. The SMILES string of the molecule is CC1CCN(S(=O)(=O)N2CCCC(C(=O)NCCCN3CCCCC3)C2)CC1. The number of hydrogen-bond donors (Lipinski definition) is 1. The molecule has 0 aromatic rings. The molecule has 0 radical (unpaired) electrons. The minimum atomic E-state index is -3.43. The molecule has 28 heavy (non-hydrogen) atoms. The van der Waals surface area contributed by atoms with Crippen molar-refractivity contribution in [2.45, 2.75) is 58.3 Å². The Morgan fingerprint density at radius 3 is 2.36 bits per heavy atom. The normalized spacial score (nSPS) is 27.0. The summed E-state index contributed by atoms with van der Waals surface area (Å²) >= 11 is 0. The second kappa shape index (κ2) is 10.4. The van der Waals surface area contributed by atoms with Gasteiger partial charge in [-0.05, 0) is 70.5 Å². The number of carbonyl (C=O) groups excluding carboxylic acids is 1.